The van der Waals surface area contributed by atoms with Crippen molar-refractivity contribution in [2.45, 2.75) is 26.3 Å². The van der Waals surface area contributed by atoms with Crippen molar-refractivity contribution in [3.05, 3.63) is 30.1 Å². The molecule has 0 saturated heterocycles. The lowest BCUT2D eigenvalue weighted by Gasteiger charge is -2.26. The molecule has 0 aliphatic heterocycles. The van der Waals surface area contributed by atoms with Gasteiger partial charge in [-0.15, -0.1) is 0 Å². The summed E-state index contributed by atoms with van der Waals surface area (Å²) in [5, 5.41) is 0. The van der Waals surface area contributed by atoms with Crippen molar-refractivity contribution < 1.29 is 19.1 Å². The van der Waals surface area contributed by atoms with Crippen LogP contribution in [-0.2, 0) is 19.1 Å². The van der Waals surface area contributed by atoms with Crippen LogP contribution in [0.2, 0.25) is 0 Å². The third-order valence-corrected chi connectivity index (χ3v) is 2.86. The smallest absolute Gasteiger partial charge is 0.333 e. The molecule has 0 spiro atoms. The van der Waals surface area contributed by atoms with Crippen molar-refractivity contribution >= 4 is 11.9 Å². The predicted octanol–water partition coefficient (Wildman–Crippen LogP) is 1.57. The van der Waals surface area contributed by atoms with E-state index in [2.05, 4.69) is 4.98 Å². The molecule has 1 rings (SSSR count). The van der Waals surface area contributed by atoms with Crippen LogP contribution in [0.25, 0.3) is 0 Å². The van der Waals surface area contributed by atoms with Gasteiger partial charge < -0.3 is 14.4 Å². The molecule has 1 aromatic rings. The highest BCUT2D eigenvalue weighted by molar-refractivity contribution is 5.85. The van der Waals surface area contributed by atoms with E-state index in [9.17, 15) is 9.59 Å². The van der Waals surface area contributed by atoms with Crippen molar-refractivity contribution in [2.75, 3.05) is 26.9 Å². The van der Waals surface area contributed by atoms with E-state index < -0.39 is 12.0 Å². The maximum absolute atomic E-state index is 12.1. The lowest BCUT2D eigenvalue weighted by atomic mass is 10.1. The van der Waals surface area contributed by atoms with Gasteiger partial charge >= 0.3 is 5.97 Å². The van der Waals surface area contributed by atoms with Gasteiger partial charge in [0.15, 0.2) is 6.04 Å². The normalized spacial score (nSPS) is 11.8. The lowest BCUT2D eigenvalue weighted by Crippen LogP contribution is -2.39. The van der Waals surface area contributed by atoms with Gasteiger partial charge in [0.2, 0.25) is 5.91 Å². The minimum atomic E-state index is -0.809. The first-order valence-corrected chi connectivity index (χ1v) is 7.01. The topological polar surface area (TPSA) is 68.7 Å². The highest BCUT2D eigenvalue weighted by Gasteiger charge is 2.29. The molecule has 0 N–H and O–H groups in total. The second-order valence-electron chi connectivity index (χ2n) is 4.50. The van der Waals surface area contributed by atoms with E-state index in [1.54, 1.807) is 38.5 Å². The Hall–Kier alpha value is -1.95. The van der Waals surface area contributed by atoms with Crippen LogP contribution in [0.15, 0.2) is 24.5 Å². The minimum absolute atomic E-state index is 0.0551. The zero-order chi connectivity index (χ0) is 15.7. The molecule has 116 valence electrons. The number of carbonyl (C=O) groups excluding carboxylic acids is 2. The second-order valence-corrected chi connectivity index (χ2v) is 4.50. The van der Waals surface area contributed by atoms with E-state index in [4.69, 9.17) is 9.47 Å². The van der Waals surface area contributed by atoms with E-state index in [1.165, 1.54) is 4.90 Å². The highest BCUT2D eigenvalue weighted by Crippen LogP contribution is 2.20. The molecular formula is C15H22N2O4. The molecule has 0 bridgehead atoms. The van der Waals surface area contributed by atoms with Gasteiger partial charge in [-0.2, -0.15) is 0 Å². The summed E-state index contributed by atoms with van der Waals surface area (Å²) < 4.78 is 10.3. The Labute approximate surface area is 125 Å². The number of rotatable bonds is 8. The Kier molecular flexibility index (Phi) is 7.39. The molecular weight excluding hydrogens is 272 g/mol. The van der Waals surface area contributed by atoms with Crippen molar-refractivity contribution in [1.82, 2.24) is 9.88 Å². The monoisotopic (exact) mass is 294 g/mol. The van der Waals surface area contributed by atoms with Crippen LogP contribution in [0.4, 0.5) is 0 Å². The standard InChI is InChI=1S/C15H22N2O4/c1-4-9-20-11-13(18)17(3)14(15(19)21-5-2)12-7-6-8-16-10-12/h6-8,10,14H,4-5,9,11H2,1-3H3. The molecule has 1 amide bonds. The Morgan fingerprint density at radius 2 is 2.14 bits per heavy atom. The van der Waals surface area contributed by atoms with Gasteiger partial charge in [0.05, 0.1) is 6.61 Å². The first-order chi connectivity index (χ1) is 10.1. The van der Waals surface area contributed by atoms with Gasteiger partial charge in [-0.1, -0.05) is 13.0 Å². The van der Waals surface area contributed by atoms with Crippen LogP contribution >= 0.6 is 0 Å². The summed E-state index contributed by atoms with van der Waals surface area (Å²) in [5.41, 5.74) is 0.613. The maximum Gasteiger partial charge on any atom is 0.333 e. The third-order valence-electron chi connectivity index (χ3n) is 2.86. The number of hydrogen-bond acceptors (Lipinski definition) is 5. The molecule has 21 heavy (non-hydrogen) atoms. The first-order valence-electron chi connectivity index (χ1n) is 7.01. The summed E-state index contributed by atoms with van der Waals surface area (Å²) in [7, 11) is 1.56. The fourth-order valence-corrected chi connectivity index (χ4v) is 1.83. The van der Waals surface area contributed by atoms with E-state index in [1.807, 2.05) is 6.92 Å². The van der Waals surface area contributed by atoms with Crippen LogP contribution in [0, 0.1) is 0 Å². The fourth-order valence-electron chi connectivity index (χ4n) is 1.83. The molecule has 0 aliphatic carbocycles. The van der Waals surface area contributed by atoms with Crippen LogP contribution in [0.3, 0.4) is 0 Å². The van der Waals surface area contributed by atoms with Gasteiger partial charge in [0, 0.05) is 31.6 Å². The first kappa shape index (κ1) is 17.1. The number of esters is 1. The largest absolute Gasteiger partial charge is 0.464 e. The van der Waals surface area contributed by atoms with E-state index in [0.29, 0.717) is 12.2 Å². The van der Waals surface area contributed by atoms with Crippen LogP contribution in [-0.4, -0.2) is 48.6 Å². The quantitative estimate of drug-likeness (QED) is 0.538. The van der Waals surface area contributed by atoms with Crippen LogP contribution in [0.1, 0.15) is 31.9 Å². The molecule has 0 saturated carbocycles. The average Bonchev–Trinajstić information content (AvgIpc) is 2.49. The van der Waals surface area contributed by atoms with E-state index in [-0.39, 0.29) is 19.1 Å². The Balaban J connectivity index is 2.85. The number of amides is 1. The second kappa shape index (κ2) is 9.07. The number of aromatic nitrogens is 1. The maximum atomic E-state index is 12.1. The molecule has 1 heterocycles. The van der Waals surface area contributed by atoms with Gasteiger partial charge in [-0.3, -0.25) is 9.78 Å². The molecule has 6 heteroatoms. The molecule has 0 fully saturated rings. The third kappa shape index (κ3) is 5.15. The molecule has 0 aliphatic rings. The van der Waals surface area contributed by atoms with Crippen molar-refractivity contribution in [2.24, 2.45) is 0 Å². The van der Waals surface area contributed by atoms with Gasteiger partial charge in [0.25, 0.3) is 0 Å². The van der Waals surface area contributed by atoms with Crippen molar-refractivity contribution in [3.8, 4) is 0 Å². The SMILES string of the molecule is CCCOCC(=O)N(C)C(C(=O)OCC)c1cccnc1. The summed E-state index contributed by atoms with van der Waals surface area (Å²) >= 11 is 0. The molecule has 1 atom stereocenters. The number of nitrogens with zero attached hydrogens (tertiary/aromatic N) is 2. The minimum Gasteiger partial charge on any atom is -0.464 e. The van der Waals surface area contributed by atoms with Crippen molar-refractivity contribution in [1.29, 1.82) is 0 Å². The summed E-state index contributed by atoms with van der Waals surface area (Å²) in [6.07, 6.45) is 4.00. The van der Waals surface area contributed by atoms with E-state index >= 15 is 0 Å². The Morgan fingerprint density at radius 3 is 2.71 bits per heavy atom. The van der Waals surface area contributed by atoms with Gasteiger partial charge in [-0.25, -0.2) is 4.79 Å². The van der Waals surface area contributed by atoms with E-state index in [0.717, 1.165) is 6.42 Å². The van der Waals surface area contributed by atoms with Gasteiger partial charge in [-0.05, 0) is 19.4 Å². The zero-order valence-corrected chi connectivity index (χ0v) is 12.7. The average molecular weight is 294 g/mol. The van der Waals surface area contributed by atoms with Gasteiger partial charge in [0.1, 0.15) is 6.61 Å². The zero-order valence-electron chi connectivity index (χ0n) is 12.7. The molecule has 1 unspecified atom stereocenters. The Bertz CT molecular complexity index is 450. The fraction of sp³-hybridized carbons (Fsp3) is 0.533. The summed E-state index contributed by atoms with van der Waals surface area (Å²) in [5.74, 6) is -0.748. The number of carbonyl (C=O) groups is 2. The number of ether oxygens (including phenoxy) is 2. The lowest BCUT2D eigenvalue weighted by molar-refractivity contribution is -0.155. The molecule has 6 nitrogen and oxygen atoms in total. The Morgan fingerprint density at radius 1 is 1.38 bits per heavy atom. The summed E-state index contributed by atoms with van der Waals surface area (Å²) in [6.45, 7) is 4.40. The number of pyridine rings is 1. The molecule has 0 aromatic carbocycles. The number of hydrogen-bond donors (Lipinski definition) is 0. The van der Waals surface area contributed by atoms with Crippen LogP contribution < -0.4 is 0 Å². The highest BCUT2D eigenvalue weighted by atomic mass is 16.5. The van der Waals surface area contributed by atoms with Crippen molar-refractivity contribution in [3.63, 3.8) is 0 Å². The summed E-state index contributed by atoms with van der Waals surface area (Å²) in [6, 6.07) is 2.65. The molecule has 0 radical (unpaired) electrons. The summed E-state index contributed by atoms with van der Waals surface area (Å²) in [4.78, 5) is 29.6. The predicted molar refractivity (Wildman–Crippen MR) is 77.5 cm³/mol. The molecule has 1 aromatic heterocycles. The van der Waals surface area contributed by atoms with Crippen LogP contribution in [0.5, 0.6) is 0 Å². The number of likely N-dealkylation sites (N-methyl/N-ethyl adjacent to an activating group) is 1.